The number of rotatable bonds is 15. The maximum atomic E-state index is 13.1. The first kappa shape index (κ1) is 42.5. The Balaban J connectivity index is 1.33. The molecule has 0 saturated carbocycles. The molecule has 19 nitrogen and oxygen atoms in total. The molecule has 55 heavy (non-hydrogen) atoms. The van der Waals surface area contributed by atoms with Gasteiger partial charge >= 0.3 is 5.97 Å². The molecule has 3 heterocycles. The SMILES string of the molecule is COc1ccc(CCOC2OC(CO)C(OC(=O)C=Cc3ccc(O)c(OC)c3)C(OC3OC(C)C(OC4OCC(O)(CO)C4O)C(O)C3O)C2O)cc1O. The number of phenols is 2. The maximum absolute atomic E-state index is 13.1. The first-order chi connectivity index (χ1) is 26.2. The molecule has 13 atom stereocenters. The molecule has 0 aliphatic carbocycles. The Kier molecular flexibility index (Phi) is 14.3. The third-order valence-corrected chi connectivity index (χ3v) is 9.52. The number of ether oxygens (including phenoxy) is 9. The molecule has 19 heteroatoms. The van der Waals surface area contributed by atoms with Gasteiger partial charge in [-0.1, -0.05) is 12.1 Å². The lowest BCUT2D eigenvalue weighted by Gasteiger charge is -2.47. The van der Waals surface area contributed by atoms with Crippen molar-refractivity contribution >= 4 is 12.0 Å². The van der Waals surface area contributed by atoms with E-state index in [4.69, 9.17) is 42.6 Å². The normalized spacial score (nSPS) is 35.2. The summed E-state index contributed by atoms with van der Waals surface area (Å²) in [6, 6.07) is 9.05. The van der Waals surface area contributed by atoms with Gasteiger partial charge in [0.1, 0.15) is 48.3 Å². The molecule has 13 unspecified atom stereocenters. The van der Waals surface area contributed by atoms with Gasteiger partial charge in [0.2, 0.25) is 0 Å². The van der Waals surface area contributed by atoms with Crippen LogP contribution < -0.4 is 9.47 Å². The number of hydrogen-bond acceptors (Lipinski definition) is 19. The zero-order chi connectivity index (χ0) is 40.0. The zero-order valence-corrected chi connectivity index (χ0v) is 30.2. The number of hydrogen-bond donors (Lipinski definition) is 9. The fourth-order valence-corrected chi connectivity index (χ4v) is 6.32. The molecule has 2 aromatic rings. The summed E-state index contributed by atoms with van der Waals surface area (Å²) < 4.78 is 50.2. The summed E-state index contributed by atoms with van der Waals surface area (Å²) in [7, 11) is 2.76. The Bertz CT molecular complexity index is 1610. The lowest BCUT2D eigenvalue weighted by molar-refractivity contribution is -0.365. The minimum atomic E-state index is -2.02. The number of phenolic OH excluding ortho intramolecular Hbond substituents is 2. The first-order valence-electron chi connectivity index (χ1n) is 17.4. The lowest BCUT2D eigenvalue weighted by atomic mass is 9.96. The van der Waals surface area contributed by atoms with Crippen LogP contribution in [-0.4, -0.2) is 172 Å². The number of aliphatic hydroxyl groups is 7. The second-order valence-corrected chi connectivity index (χ2v) is 13.3. The molecule has 0 aromatic heterocycles. The highest BCUT2D eigenvalue weighted by Gasteiger charge is 2.55. The van der Waals surface area contributed by atoms with Crippen molar-refractivity contribution in [3.63, 3.8) is 0 Å². The van der Waals surface area contributed by atoms with Crippen LogP contribution in [0.15, 0.2) is 42.5 Å². The fraction of sp³-hybridized carbons (Fsp3) is 0.583. The second kappa shape index (κ2) is 18.5. The van der Waals surface area contributed by atoms with Gasteiger partial charge in [-0.2, -0.15) is 0 Å². The van der Waals surface area contributed by atoms with Gasteiger partial charge in [0, 0.05) is 6.08 Å². The van der Waals surface area contributed by atoms with Gasteiger partial charge in [0.05, 0.1) is 46.8 Å². The molecule has 3 aliphatic rings. The third kappa shape index (κ3) is 9.66. The Morgan fingerprint density at radius 2 is 1.58 bits per heavy atom. The number of benzene rings is 2. The fourth-order valence-electron chi connectivity index (χ4n) is 6.32. The summed E-state index contributed by atoms with van der Waals surface area (Å²) >= 11 is 0. The van der Waals surface area contributed by atoms with Gasteiger partial charge in [-0.3, -0.25) is 0 Å². The van der Waals surface area contributed by atoms with Crippen molar-refractivity contribution in [2.24, 2.45) is 0 Å². The van der Waals surface area contributed by atoms with E-state index in [1.807, 2.05) is 0 Å². The minimum Gasteiger partial charge on any atom is -0.504 e. The van der Waals surface area contributed by atoms with Gasteiger partial charge in [-0.25, -0.2) is 4.79 Å². The van der Waals surface area contributed by atoms with Crippen LogP contribution in [0.5, 0.6) is 23.0 Å². The van der Waals surface area contributed by atoms with Crippen molar-refractivity contribution in [3.05, 3.63) is 53.6 Å². The van der Waals surface area contributed by atoms with Crippen LogP contribution in [0.1, 0.15) is 18.1 Å². The molecule has 0 amide bonds. The summed E-state index contributed by atoms with van der Waals surface area (Å²) in [6.07, 6.45) is -16.2. The second-order valence-electron chi connectivity index (χ2n) is 13.3. The van der Waals surface area contributed by atoms with E-state index in [9.17, 15) is 50.8 Å². The summed E-state index contributed by atoms with van der Waals surface area (Å²) in [5.74, 6) is -0.773. The van der Waals surface area contributed by atoms with E-state index in [1.54, 1.807) is 12.1 Å². The molecule has 0 radical (unpaired) electrons. The maximum Gasteiger partial charge on any atom is 0.331 e. The van der Waals surface area contributed by atoms with Gasteiger partial charge in [0.25, 0.3) is 0 Å². The van der Waals surface area contributed by atoms with Crippen LogP contribution in [-0.2, 0) is 44.4 Å². The molecular weight excluding hydrogens is 736 g/mol. The number of aliphatic hydroxyl groups excluding tert-OH is 6. The third-order valence-electron chi connectivity index (χ3n) is 9.52. The predicted molar refractivity (Wildman–Crippen MR) is 184 cm³/mol. The van der Waals surface area contributed by atoms with Gasteiger partial charge in [-0.15, -0.1) is 0 Å². The smallest absolute Gasteiger partial charge is 0.331 e. The Hall–Kier alpha value is -3.67. The van der Waals surface area contributed by atoms with E-state index < -0.39 is 105 Å². The number of aromatic hydroxyl groups is 2. The molecule has 5 rings (SSSR count). The van der Waals surface area contributed by atoms with E-state index in [0.29, 0.717) is 11.1 Å². The Labute approximate surface area is 315 Å². The van der Waals surface area contributed by atoms with Crippen molar-refractivity contribution in [2.75, 3.05) is 40.6 Å². The summed E-state index contributed by atoms with van der Waals surface area (Å²) in [6.45, 7) is -0.700. The number of carbonyl (C=O) groups is 1. The summed E-state index contributed by atoms with van der Waals surface area (Å²) in [4.78, 5) is 13.1. The van der Waals surface area contributed by atoms with Crippen LogP contribution in [0.4, 0.5) is 0 Å². The highest BCUT2D eigenvalue weighted by molar-refractivity contribution is 5.87. The molecule has 0 bridgehead atoms. The Morgan fingerprint density at radius 3 is 2.24 bits per heavy atom. The summed E-state index contributed by atoms with van der Waals surface area (Å²) in [5.41, 5.74) is -0.920. The standard InChI is InChI=1S/C36H48O19/c1-17-29(54-35-32(45)36(46,15-38)16-50-35)26(42)27(43)34(51-17)55-31-28(44)33(49-11-10-19-5-8-22(47-2)21(40)12-19)52-24(14-37)30(31)53-25(41)9-6-18-4-7-20(39)23(13-18)48-3/h4-9,12-13,17,24,26-35,37-40,42-46H,10-11,14-16H2,1-3H3. The van der Waals surface area contributed by atoms with E-state index in [0.717, 1.165) is 6.08 Å². The minimum absolute atomic E-state index is 0.0700. The Morgan fingerprint density at radius 1 is 0.855 bits per heavy atom. The molecule has 2 aromatic carbocycles. The number of carbonyl (C=O) groups excluding carboxylic acids is 1. The average Bonchev–Trinajstić information content (AvgIpc) is 3.46. The van der Waals surface area contributed by atoms with E-state index >= 15 is 0 Å². The molecule has 306 valence electrons. The van der Waals surface area contributed by atoms with Crippen LogP contribution in [0.2, 0.25) is 0 Å². The van der Waals surface area contributed by atoms with E-state index in [1.165, 1.54) is 51.5 Å². The average molecular weight is 785 g/mol. The van der Waals surface area contributed by atoms with E-state index in [2.05, 4.69) is 0 Å². The van der Waals surface area contributed by atoms with Gasteiger partial charge in [-0.05, 0) is 54.8 Å². The molecular formula is C36H48O19. The van der Waals surface area contributed by atoms with Crippen molar-refractivity contribution in [1.29, 1.82) is 0 Å². The van der Waals surface area contributed by atoms with Crippen molar-refractivity contribution < 1.29 is 93.4 Å². The van der Waals surface area contributed by atoms with Crippen LogP contribution >= 0.6 is 0 Å². The molecule has 3 fully saturated rings. The molecule has 3 saturated heterocycles. The highest BCUT2D eigenvalue weighted by atomic mass is 16.8. The van der Waals surface area contributed by atoms with Gasteiger partial charge in [0.15, 0.2) is 48.0 Å². The zero-order valence-electron chi connectivity index (χ0n) is 30.2. The van der Waals surface area contributed by atoms with Crippen molar-refractivity contribution in [3.8, 4) is 23.0 Å². The van der Waals surface area contributed by atoms with Gasteiger partial charge < -0.3 is 88.6 Å². The monoisotopic (exact) mass is 784 g/mol. The van der Waals surface area contributed by atoms with Crippen molar-refractivity contribution in [2.45, 2.75) is 92.8 Å². The van der Waals surface area contributed by atoms with Crippen molar-refractivity contribution in [1.82, 2.24) is 0 Å². The number of esters is 1. The highest BCUT2D eigenvalue weighted by Crippen LogP contribution is 2.35. The first-order valence-corrected chi connectivity index (χ1v) is 17.4. The topological polar surface area (TPSA) is 282 Å². The predicted octanol–water partition coefficient (Wildman–Crippen LogP) is -1.94. The van der Waals surface area contributed by atoms with Crippen LogP contribution in [0.25, 0.3) is 6.08 Å². The van der Waals surface area contributed by atoms with E-state index in [-0.39, 0.29) is 36.0 Å². The summed E-state index contributed by atoms with van der Waals surface area (Å²) in [5, 5.41) is 94.4. The lowest BCUT2D eigenvalue weighted by Crippen LogP contribution is -2.65. The molecule has 9 N–H and O–H groups in total. The quantitative estimate of drug-likeness (QED) is 0.0701. The molecule has 3 aliphatic heterocycles. The largest absolute Gasteiger partial charge is 0.504 e. The number of methoxy groups -OCH3 is 2. The van der Waals surface area contributed by atoms with Crippen LogP contribution in [0.3, 0.4) is 0 Å². The van der Waals surface area contributed by atoms with Crippen LogP contribution in [0, 0.1) is 0 Å². The molecule has 0 spiro atoms.